The van der Waals surface area contributed by atoms with E-state index in [0.29, 0.717) is 44.6 Å². The Hall–Kier alpha value is -4.17. The highest BCUT2D eigenvalue weighted by Crippen LogP contribution is 2.30. The van der Waals surface area contributed by atoms with Crippen LogP contribution in [0.5, 0.6) is 0 Å². The highest BCUT2D eigenvalue weighted by atomic mass is 35.5. The summed E-state index contributed by atoms with van der Waals surface area (Å²) >= 11 is 6.24. The Morgan fingerprint density at radius 2 is 1.94 bits per heavy atom. The van der Waals surface area contributed by atoms with Gasteiger partial charge >= 0.3 is 5.97 Å². The van der Waals surface area contributed by atoms with Crippen molar-refractivity contribution >= 4 is 46.9 Å². The molecule has 2 amide bonds. The Bertz CT molecular complexity index is 1430. The number of hydrogen-bond donors (Lipinski definition) is 2. The summed E-state index contributed by atoms with van der Waals surface area (Å²) in [6.07, 6.45) is 3.54. The Balaban J connectivity index is 0.00000304. The molecule has 9 heteroatoms. The van der Waals surface area contributed by atoms with Gasteiger partial charge in [-0.25, -0.2) is 4.79 Å². The number of halogens is 1. The molecule has 2 aromatic carbocycles. The van der Waals surface area contributed by atoms with Crippen molar-refractivity contribution in [3.63, 3.8) is 0 Å². The number of benzene rings is 2. The quantitative estimate of drug-likeness (QED) is 0.421. The fraction of sp³-hybridized carbons (Fsp3) is 0.185. The maximum atomic E-state index is 13.0. The van der Waals surface area contributed by atoms with Crippen molar-refractivity contribution < 1.29 is 23.9 Å². The lowest BCUT2D eigenvalue weighted by Crippen LogP contribution is -2.25. The first-order valence-electron chi connectivity index (χ1n) is 11.0. The second-order valence-electron chi connectivity index (χ2n) is 8.36. The normalized spacial score (nSPS) is 16.1. The zero-order chi connectivity index (χ0) is 24.7. The van der Waals surface area contributed by atoms with Gasteiger partial charge in [-0.2, -0.15) is 10.1 Å². The van der Waals surface area contributed by atoms with Crippen molar-refractivity contribution in [1.82, 2.24) is 5.32 Å². The maximum absolute atomic E-state index is 13.0. The summed E-state index contributed by atoms with van der Waals surface area (Å²) in [6.45, 7) is 1.69. The number of carboxylic acid groups (broad SMARTS) is 1. The van der Waals surface area contributed by atoms with Crippen LogP contribution in [-0.4, -0.2) is 34.6 Å². The van der Waals surface area contributed by atoms with E-state index in [0.717, 1.165) is 12.8 Å². The molecular formula is C27H24ClN3O5. The average molecular weight is 506 g/mol. The van der Waals surface area contributed by atoms with Crippen LogP contribution in [0.1, 0.15) is 53.7 Å². The zero-order valence-electron chi connectivity index (χ0n) is 18.6. The average Bonchev–Trinajstić information content (AvgIpc) is 3.45. The molecule has 0 radical (unpaired) electrons. The second kappa shape index (κ2) is 9.83. The first-order chi connectivity index (χ1) is 16.8. The monoisotopic (exact) mass is 505 g/mol. The standard InChI is InChI=1S/C26H20ClN3O5.CH4/c1-14-20(25(32)30(29-14)18-4-2-3-16(11-18)26(33)34)13-19-8-10-23(35-19)15-5-9-22(27)21(12-15)24(31)28-17-6-7-17;/h2-5,8-13,17H,6-7H2,1H3,(H,28,31)(H,33,34);1H4/b20-13-;. The molecule has 1 saturated carbocycles. The molecule has 3 aromatic rings. The van der Waals surface area contributed by atoms with Crippen molar-refractivity contribution in [2.45, 2.75) is 33.2 Å². The highest BCUT2D eigenvalue weighted by Gasteiger charge is 2.29. The van der Waals surface area contributed by atoms with E-state index in [4.69, 9.17) is 16.0 Å². The van der Waals surface area contributed by atoms with Crippen molar-refractivity contribution in [3.8, 4) is 11.3 Å². The van der Waals surface area contributed by atoms with Crippen LogP contribution in [0.3, 0.4) is 0 Å². The van der Waals surface area contributed by atoms with Crippen molar-refractivity contribution in [2.75, 3.05) is 5.01 Å². The lowest BCUT2D eigenvalue weighted by atomic mass is 10.1. The van der Waals surface area contributed by atoms with Crippen LogP contribution in [0.25, 0.3) is 17.4 Å². The number of nitrogens with one attached hydrogen (secondary N) is 1. The third-order valence-corrected chi connectivity index (χ3v) is 6.05. The summed E-state index contributed by atoms with van der Waals surface area (Å²) in [5.74, 6) is -0.760. The molecule has 2 aliphatic rings. The largest absolute Gasteiger partial charge is 0.478 e. The van der Waals surface area contributed by atoms with Crippen LogP contribution < -0.4 is 10.3 Å². The number of anilines is 1. The molecule has 0 atom stereocenters. The van der Waals surface area contributed by atoms with E-state index in [1.165, 1.54) is 17.1 Å². The number of carbonyl (C=O) groups excluding carboxylic acids is 2. The number of aromatic carboxylic acids is 1. The Labute approximate surface area is 212 Å². The number of carbonyl (C=O) groups is 3. The molecule has 1 aromatic heterocycles. The van der Waals surface area contributed by atoms with E-state index in [-0.39, 0.29) is 24.9 Å². The summed E-state index contributed by atoms with van der Waals surface area (Å²) in [4.78, 5) is 36.8. The maximum Gasteiger partial charge on any atom is 0.335 e. The molecule has 0 spiro atoms. The van der Waals surface area contributed by atoms with Gasteiger partial charge in [-0.1, -0.05) is 25.1 Å². The van der Waals surface area contributed by atoms with Gasteiger partial charge in [0, 0.05) is 11.6 Å². The molecule has 0 unspecified atom stereocenters. The smallest absolute Gasteiger partial charge is 0.335 e. The summed E-state index contributed by atoms with van der Waals surface area (Å²) in [5.41, 5.74) is 2.27. The lowest BCUT2D eigenvalue weighted by Gasteiger charge is -2.12. The molecule has 1 fully saturated rings. The van der Waals surface area contributed by atoms with Gasteiger partial charge in [-0.15, -0.1) is 0 Å². The predicted molar refractivity (Wildman–Crippen MR) is 138 cm³/mol. The van der Waals surface area contributed by atoms with Crippen LogP contribution in [0.15, 0.2) is 69.7 Å². The number of nitrogens with zero attached hydrogens (tertiary/aromatic N) is 2. The van der Waals surface area contributed by atoms with Crippen LogP contribution in [0.4, 0.5) is 5.69 Å². The minimum atomic E-state index is -1.09. The van der Waals surface area contributed by atoms with Crippen LogP contribution in [-0.2, 0) is 4.79 Å². The lowest BCUT2D eigenvalue weighted by molar-refractivity contribution is -0.114. The molecule has 2 N–H and O–H groups in total. The van der Waals surface area contributed by atoms with Crippen molar-refractivity contribution in [1.29, 1.82) is 0 Å². The fourth-order valence-corrected chi connectivity index (χ4v) is 3.90. The Morgan fingerprint density at radius 1 is 1.17 bits per heavy atom. The minimum absolute atomic E-state index is 0. The molecule has 8 nitrogen and oxygen atoms in total. The topological polar surface area (TPSA) is 112 Å². The van der Waals surface area contributed by atoms with Gasteiger partial charge in [-0.3, -0.25) is 9.59 Å². The molecule has 5 rings (SSSR count). The van der Waals surface area contributed by atoms with Crippen molar-refractivity contribution in [3.05, 3.63) is 82.1 Å². The number of hydrazone groups is 1. The summed E-state index contributed by atoms with van der Waals surface area (Å²) in [6, 6.07) is 14.8. The number of amides is 2. The molecule has 36 heavy (non-hydrogen) atoms. The van der Waals surface area contributed by atoms with Gasteiger partial charge < -0.3 is 14.8 Å². The number of carboxylic acids is 1. The highest BCUT2D eigenvalue weighted by molar-refractivity contribution is 6.34. The van der Waals surface area contributed by atoms with Gasteiger partial charge in [0.25, 0.3) is 11.8 Å². The van der Waals surface area contributed by atoms with Gasteiger partial charge in [-0.05, 0) is 74.4 Å². The summed E-state index contributed by atoms with van der Waals surface area (Å²) in [5, 5.41) is 18.0. The summed E-state index contributed by atoms with van der Waals surface area (Å²) in [7, 11) is 0. The first kappa shape index (κ1) is 24.9. The minimum Gasteiger partial charge on any atom is -0.478 e. The number of rotatable bonds is 6. The molecule has 184 valence electrons. The van der Waals surface area contributed by atoms with E-state index in [2.05, 4.69) is 10.4 Å². The van der Waals surface area contributed by atoms with Crippen molar-refractivity contribution in [2.24, 2.45) is 5.10 Å². The molecule has 2 heterocycles. The second-order valence-corrected chi connectivity index (χ2v) is 8.77. The molecule has 0 bridgehead atoms. The van der Waals surface area contributed by atoms with Gasteiger partial charge in [0.05, 0.1) is 33.1 Å². The SMILES string of the molecule is C.CC1=NN(c2cccc(C(=O)O)c2)C(=O)/C1=C\c1ccc(-c2ccc(Cl)c(C(=O)NC3CC3)c2)o1. The third-order valence-electron chi connectivity index (χ3n) is 5.72. The van der Waals surface area contributed by atoms with E-state index in [9.17, 15) is 19.5 Å². The molecular weight excluding hydrogens is 482 g/mol. The van der Waals surface area contributed by atoms with E-state index < -0.39 is 11.9 Å². The molecule has 1 aliphatic carbocycles. The molecule has 1 aliphatic heterocycles. The van der Waals surface area contributed by atoms with E-state index >= 15 is 0 Å². The van der Waals surface area contributed by atoms with Gasteiger partial charge in [0.1, 0.15) is 11.5 Å². The van der Waals surface area contributed by atoms with Gasteiger partial charge in [0.15, 0.2) is 0 Å². The zero-order valence-corrected chi connectivity index (χ0v) is 19.4. The number of furan rings is 1. The van der Waals surface area contributed by atoms with E-state index in [1.807, 2.05) is 0 Å². The Kier molecular flexibility index (Phi) is 6.81. The predicted octanol–water partition coefficient (Wildman–Crippen LogP) is 5.63. The van der Waals surface area contributed by atoms with Crippen LogP contribution in [0, 0.1) is 0 Å². The third kappa shape index (κ3) is 4.94. The first-order valence-corrected chi connectivity index (χ1v) is 11.3. The van der Waals surface area contributed by atoms with Crippen LogP contribution in [0.2, 0.25) is 5.02 Å². The van der Waals surface area contributed by atoms with Crippen LogP contribution >= 0.6 is 11.6 Å². The van der Waals surface area contributed by atoms with E-state index in [1.54, 1.807) is 55.5 Å². The number of hydrogen-bond acceptors (Lipinski definition) is 5. The molecule has 0 saturated heterocycles. The van der Waals surface area contributed by atoms with Gasteiger partial charge in [0.2, 0.25) is 0 Å². The Morgan fingerprint density at radius 3 is 2.67 bits per heavy atom. The summed E-state index contributed by atoms with van der Waals surface area (Å²) < 4.78 is 5.93. The fourth-order valence-electron chi connectivity index (χ4n) is 3.70.